The van der Waals surface area contributed by atoms with Crippen LogP contribution in [0.15, 0.2) is 24.3 Å². The normalized spacial score (nSPS) is 10.5. The van der Waals surface area contributed by atoms with Gasteiger partial charge in [-0.05, 0) is 12.1 Å². The fourth-order valence-corrected chi connectivity index (χ4v) is 2.30. The molecule has 0 fully saturated rings. The van der Waals surface area contributed by atoms with Crippen LogP contribution in [0.3, 0.4) is 0 Å². The number of rotatable bonds is 2. The summed E-state index contributed by atoms with van der Waals surface area (Å²) in [6.45, 7) is 6.61. The summed E-state index contributed by atoms with van der Waals surface area (Å²) >= 11 is 0. The van der Waals surface area contributed by atoms with Gasteiger partial charge in [-0.15, -0.1) is 12.4 Å². The Morgan fingerprint density at radius 2 is 1.86 bits per heavy atom. The molecular weight excluding hydrogens is 216 g/mol. The number of carboxylic acid groups (broad SMARTS) is 1. The van der Waals surface area contributed by atoms with Gasteiger partial charge in [0, 0.05) is 0 Å². The van der Waals surface area contributed by atoms with Crippen LogP contribution in [-0.4, -0.2) is 19.1 Å². The molecule has 0 aliphatic rings. The van der Waals surface area contributed by atoms with Crippen LogP contribution in [-0.2, 0) is 0 Å². The van der Waals surface area contributed by atoms with Crippen molar-refractivity contribution in [2.24, 2.45) is 0 Å². The zero-order chi connectivity index (χ0) is 10.1. The average molecular weight is 231 g/mol. The van der Waals surface area contributed by atoms with Crippen LogP contribution in [0.25, 0.3) is 0 Å². The zero-order valence-corrected chi connectivity index (χ0v) is 10.4. The van der Waals surface area contributed by atoms with Crippen LogP contribution in [0.1, 0.15) is 10.4 Å². The first kappa shape index (κ1) is 13.2. The summed E-state index contributed by atoms with van der Waals surface area (Å²) < 4.78 is 0. The molecule has 2 nitrogen and oxygen atoms in total. The molecule has 0 atom stereocenters. The van der Waals surface area contributed by atoms with Crippen LogP contribution in [0.2, 0.25) is 19.6 Å². The van der Waals surface area contributed by atoms with Crippen LogP contribution >= 0.6 is 12.4 Å². The van der Waals surface area contributed by atoms with E-state index >= 15 is 0 Å². The van der Waals surface area contributed by atoms with Crippen molar-refractivity contribution in [2.45, 2.75) is 19.6 Å². The first-order chi connectivity index (χ1) is 5.91. The monoisotopic (exact) mass is 230 g/mol. The fourth-order valence-electron chi connectivity index (χ4n) is 1.12. The molecule has 0 amide bonds. The lowest BCUT2D eigenvalue weighted by atomic mass is 10.2. The number of aromatic carboxylic acids is 1. The van der Waals surface area contributed by atoms with E-state index in [9.17, 15) is 4.79 Å². The lowest BCUT2D eigenvalue weighted by molar-refractivity contribution is 0.0697. The average Bonchev–Trinajstić information content (AvgIpc) is 2.03. The molecule has 1 N–H and O–H groups in total. The van der Waals surface area contributed by atoms with Crippen molar-refractivity contribution < 1.29 is 9.90 Å². The number of carbonyl (C=O) groups is 1. The van der Waals surface area contributed by atoms with E-state index in [1.165, 1.54) is 5.19 Å². The lowest BCUT2D eigenvalue weighted by Crippen LogP contribution is -2.37. The molecule has 0 unspecified atom stereocenters. The molecule has 0 aliphatic heterocycles. The van der Waals surface area contributed by atoms with Crippen LogP contribution in [0, 0.1) is 0 Å². The predicted octanol–water partition coefficient (Wildman–Crippen LogP) is 2.35. The van der Waals surface area contributed by atoms with E-state index in [1.54, 1.807) is 12.1 Å². The van der Waals surface area contributed by atoms with Crippen molar-refractivity contribution in [3.8, 4) is 0 Å². The van der Waals surface area contributed by atoms with Gasteiger partial charge in [0.05, 0.1) is 13.6 Å². The summed E-state index contributed by atoms with van der Waals surface area (Å²) in [7, 11) is -1.37. The van der Waals surface area contributed by atoms with E-state index in [0.29, 0.717) is 5.56 Å². The summed E-state index contributed by atoms with van der Waals surface area (Å²) in [4.78, 5) is 10.7. The molecule has 0 aliphatic carbocycles. The second-order valence-electron chi connectivity index (χ2n) is 4.14. The Labute approximate surface area is 91.4 Å². The highest BCUT2D eigenvalue weighted by molar-refractivity contribution is 6.88. The summed E-state index contributed by atoms with van der Waals surface area (Å²) in [6.07, 6.45) is 0. The molecule has 0 bridgehead atoms. The number of carboxylic acids is 1. The maximum Gasteiger partial charge on any atom is 0.335 e. The van der Waals surface area contributed by atoms with Crippen LogP contribution < -0.4 is 5.19 Å². The minimum absolute atomic E-state index is 0. The standard InChI is InChI=1S/C10H14O2Si.ClH/c1-13(2,3)9-6-4-5-8(7-9)10(11)12;/h4-7H,1-3H3,(H,11,12);1H. The van der Waals surface area contributed by atoms with Gasteiger partial charge in [-0.2, -0.15) is 0 Å². The summed E-state index contributed by atoms with van der Waals surface area (Å²) in [6, 6.07) is 7.25. The number of halogens is 1. The van der Waals surface area contributed by atoms with Crippen molar-refractivity contribution in [3.05, 3.63) is 29.8 Å². The topological polar surface area (TPSA) is 37.3 Å². The minimum atomic E-state index is -1.37. The molecule has 1 aromatic rings. The molecule has 1 aromatic carbocycles. The second-order valence-corrected chi connectivity index (χ2v) is 9.21. The highest BCUT2D eigenvalue weighted by atomic mass is 35.5. The third kappa shape index (κ3) is 3.16. The Morgan fingerprint density at radius 1 is 1.29 bits per heavy atom. The van der Waals surface area contributed by atoms with Gasteiger partial charge >= 0.3 is 5.97 Å². The maximum absolute atomic E-state index is 10.7. The quantitative estimate of drug-likeness (QED) is 0.792. The van der Waals surface area contributed by atoms with Gasteiger partial charge in [0.1, 0.15) is 0 Å². The Balaban J connectivity index is 0.00000169. The molecular formula is C10H15ClO2Si. The van der Waals surface area contributed by atoms with Crippen LogP contribution in [0.5, 0.6) is 0 Å². The maximum atomic E-state index is 10.7. The number of hydrogen-bond donors (Lipinski definition) is 1. The smallest absolute Gasteiger partial charge is 0.335 e. The van der Waals surface area contributed by atoms with Crippen molar-refractivity contribution >= 4 is 31.6 Å². The Kier molecular flexibility index (Phi) is 4.35. The molecule has 0 aromatic heterocycles. The highest BCUT2D eigenvalue weighted by Gasteiger charge is 2.17. The zero-order valence-electron chi connectivity index (χ0n) is 8.57. The van der Waals surface area contributed by atoms with Gasteiger partial charge in [0.25, 0.3) is 0 Å². The van der Waals surface area contributed by atoms with Gasteiger partial charge in [0.2, 0.25) is 0 Å². The summed E-state index contributed by atoms with van der Waals surface area (Å²) in [5, 5.41) is 9.98. The SMILES string of the molecule is C[Si](C)(C)c1cccc(C(=O)O)c1.Cl. The van der Waals surface area contributed by atoms with E-state index < -0.39 is 14.0 Å². The first-order valence-corrected chi connectivity index (χ1v) is 7.75. The van der Waals surface area contributed by atoms with E-state index in [1.807, 2.05) is 12.1 Å². The molecule has 0 saturated carbocycles. The predicted molar refractivity (Wildman–Crippen MR) is 63.6 cm³/mol. The molecule has 0 radical (unpaired) electrons. The fraction of sp³-hybridized carbons (Fsp3) is 0.300. The van der Waals surface area contributed by atoms with Gasteiger partial charge in [0.15, 0.2) is 0 Å². The van der Waals surface area contributed by atoms with E-state index in [2.05, 4.69) is 19.6 Å². The first-order valence-electron chi connectivity index (χ1n) is 4.25. The summed E-state index contributed by atoms with van der Waals surface area (Å²) in [5.41, 5.74) is 0.389. The lowest BCUT2D eigenvalue weighted by Gasteiger charge is -2.16. The summed E-state index contributed by atoms with van der Waals surface area (Å²) in [5.74, 6) is -0.847. The molecule has 0 spiro atoms. The Bertz CT molecular complexity index is 331. The van der Waals surface area contributed by atoms with E-state index in [-0.39, 0.29) is 12.4 Å². The minimum Gasteiger partial charge on any atom is -0.478 e. The molecule has 14 heavy (non-hydrogen) atoms. The van der Waals surface area contributed by atoms with Crippen molar-refractivity contribution in [3.63, 3.8) is 0 Å². The molecule has 0 heterocycles. The van der Waals surface area contributed by atoms with E-state index in [0.717, 1.165) is 0 Å². The van der Waals surface area contributed by atoms with Crippen molar-refractivity contribution in [2.75, 3.05) is 0 Å². The van der Waals surface area contributed by atoms with Crippen molar-refractivity contribution in [1.29, 1.82) is 0 Å². The van der Waals surface area contributed by atoms with Gasteiger partial charge < -0.3 is 5.11 Å². The van der Waals surface area contributed by atoms with Crippen molar-refractivity contribution in [1.82, 2.24) is 0 Å². The third-order valence-electron chi connectivity index (χ3n) is 1.98. The molecule has 78 valence electrons. The Morgan fingerprint density at radius 3 is 2.29 bits per heavy atom. The second kappa shape index (κ2) is 4.62. The molecule has 0 saturated heterocycles. The Hall–Kier alpha value is -0.803. The van der Waals surface area contributed by atoms with Crippen LogP contribution in [0.4, 0.5) is 0 Å². The molecule has 4 heteroatoms. The third-order valence-corrected chi connectivity index (χ3v) is 4.02. The largest absolute Gasteiger partial charge is 0.478 e. The number of hydrogen-bond acceptors (Lipinski definition) is 1. The van der Waals surface area contributed by atoms with E-state index in [4.69, 9.17) is 5.11 Å². The van der Waals surface area contributed by atoms with Gasteiger partial charge in [-0.25, -0.2) is 4.79 Å². The van der Waals surface area contributed by atoms with Gasteiger partial charge in [-0.3, -0.25) is 0 Å². The molecule has 1 rings (SSSR count). The number of benzene rings is 1. The van der Waals surface area contributed by atoms with Gasteiger partial charge in [-0.1, -0.05) is 37.0 Å². The highest BCUT2D eigenvalue weighted by Crippen LogP contribution is 2.04.